The molecule has 1 aromatic heterocycles. The Morgan fingerprint density at radius 3 is 2.58 bits per heavy atom. The smallest absolute Gasteiger partial charge is 0.274 e. The highest BCUT2D eigenvalue weighted by Gasteiger charge is 2.18. The number of amides is 1. The number of anilines is 2. The summed E-state index contributed by atoms with van der Waals surface area (Å²) in [7, 11) is 0. The van der Waals surface area contributed by atoms with Crippen LogP contribution in [0.1, 0.15) is 42.7 Å². The summed E-state index contributed by atoms with van der Waals surface area (Å²) in [6.45, 7) is 6.35. The maximum absolute atomic E-state index is 12.4. The highest BCUT2D eigenvalue weighted by Crippen LogP contribution is 2.21. The third-order valence-corrected chi connectivity index (χ3v) is 4.61. The molecule has 1 aliphatic heterocycles. The molecule has 0 radical (unpaired) electrons. The molecular formula is C19H24N4O. The number of hydrogen-bond donors (Lipinski definition) is 1. The quantitative estimate of drug-likeness (QED) is 0.935. The Morgan fingerprint density at radius 2 is 1.92 bits per heavy atom. The fraction of sp³-hybridized carbons (Fsp3) is 0.421. The van der Waals surface area contributed by atoms with Crippen molar-refractivity contribution in [1.29, 1.82) is 0 Å². The maximum atomic E-state index is 12.4. The Hall–Kier alpha value is -2.43. The standard InChI is InChI=1S/C19H24N4O/c1-3-15-4-6-16(7-5-15)22-19(24)17-12-18(21-13-20-17)23-10-8-14(2)9-11-23/h4-7,12-14H,3,8-11H2,1-2H3,(H,22,24). The molecular weight excluding hydrogens is 300 g/mol. The first-order valence-corrected chi connectivity index (χ1v) is 8.63. The number of piperidine rings is 1. The highest BCUT2D eigenvalue weighted by molar-refractivity contribution is 6.03. The van der Waals surface area contributed by atoms with Crippen molar-refractivity contribution in [1.82, 2.24) is 9.97 Å². The van der Waals surface area contributed by atoms with Gasteiger partial charge in [0.1, 0.15) is 17.8 Å². The molecule has 5 heteroatoms. The van der Waals surface area contributed by atoms with Crippen LogP contribution < -0.4 is 10.2 Å². The van der Waals surface area contributed by atoms with Crippen LogP contribution in [0.5, 0.6) is 0 Å². The predicted molar refractivity (Wildman–Crippen MR) is 96.4 cm³/mol. The van der Waals surface area contributed by atoms with Crippen molar-refractivity contribution in [2.75, 3.05) is 23.3 Å². The van der Waals surface area contributed by atoms with Gasteiger partial charge in [-0.2, -0.15) is 0 Å². The van der Waals surface area contributed by atoms with Crippen LogP contribution in [0.4, 0.5) is 11.5 Å². The van der Waals surface area contributed by atoms with E-state index in [-0.39, 0.29) is 5.91 Å². The van der Waals surface area contributed by atoms with E-state index in [1.165, 1.54) is 11.9 Å². The van der Waals surface area contributed by atoms with Gasteiger partial charge in [-0.05, 0) is 42.9 Å². The Labute approximate surface area is 143 Å². The molecule has 0 aliphatic carbocycles. The summed E-state index contributed by atoms with van der Waals surface area (Å²) >= 11 is 0. The van der Waals surface area contributed by atoms with Gasteiger partial charge in [0.25, 0.3) is 5.91 Å². The summed E-state index contributed by atoms with van der Waals surface area (Å²) < 4.78 is 0. The largest absolute Gasteiger partial charge is 0.356 e. The summed E-state index contributed by atoms with van der Waals surface area (Å²) in [5.41, 5.74) is 2.43. The van der Waals surface area contributed by atoms with Crippen molar-refractivity contribution in [2.24, 2.45) is 5.92 Å². The minimum Gasteiger partial charge on any atom is -0.356 e. The first-order chi connectivity index (χ1) is 11.7. The van der Waals surface area contributed by atoms with Gasteiger partial charge in [-0.25, -0.2) is 9.97 Å². The second-order valence-electron chi connectivity index (χ2n) is 6.44. The lowest BCUT2D eigenvalue weighted by atomic mass is 9.99. The molecule has 0 bridgehead atoms. The Kier molecular flexibility index (Phi) is 5.08. The summed E-state index contributed by atoms with van der Waals surface area (Å²) in [4.78, 5) is 23.1. The van der Waals surface area contributed by atoms with Crippen molar-refractivity contribution in [3.8, 4) is 0 Å². The van der Waals surface area contributed by atoms with E-state index in [0.29, 0.717) is 5.69 Å². The van der Waals surface area contributed by atoms with Gasteiger partial charge in [-0.3, -0.25) is 4.79 Å². The third-order valence-electron chi connectivity index (χ3n) is 4.61. The van der Waals surface area contributed by atoms with E-state index in [1.807, 2.05) is 24.3 Å². The first kappa shape index (κ1) is 16.4. The molecule has 0 unspecified atom stereocenters. The second kappa shape index (κ2) is 7.43. The van der Waals surface area contributed by atoms with Gasteiger partial charge in [-0.1, -0.05) is 26.0 Å². The van der Waals surface area contributed by atoms with Crippen molar-refractivity contribution in [2.45, 2.75) is 33.1 Å². The summed E-state index contributed by atoms with van der Waals surface area (Å²) in [6, 6.07) is 9.67. The van der Waals surface area contributed by atoms with E-state index in [4.69, 9.17) is 0 Å². The minimum atomic E-state index is -0.201. The molecule has 5 nitrogen and oxygen atoms in total. The Balaban J connectivity index is 1.69. The van der Waals surface area contributed by atoms with E-state index in [9.17, 15) is 4.79 Å². The zero-order valence-electron chi connectivity index (χ0n) is 14.3. The third kappa shape index (κ3) is 3.91. The van der Waals surface area contributed by atoms with Gasteiger partial charge in [0.2, 0.25) is 0 Å². The van der Waals surface area contributed by atoms with Crippen LogP contribution in [-0.4, -0.2) is 29.0 Å². The Bertz CT molecular complexity index is 691. The zero-order chi connectivity index (χ0) is 16.9. The van der Waals surface area contributed by atoms with Crippen LogP contribution in [0.3, 0.4) is 0 Å². The molecule has 1 aromatic carbocycles. The lowest BCUT2D eigenvalue weighted by Crippen LogP contribution is -2.33. The molecule has 0 spiro atoms. The monoisotopic (exact) mass is 324 g/mol. The fourth-order valence-corrected chi connectivity index (χ4v) is 2.90. The average molecular weight is 324 g/mol. The van der Waals surface area contributed by atoms with E-state index in [2.05, 4.69) is 34.0 Å². The van der Waals surface area contributed by atoms with E-state index >= 15 is 0 Å². The molecule has 3 rings (SSSR count). The molecule has 1 N–H and O–H groups in total. The van der Waals surface area contributed by atoms with Gasteiger partial charge in [0, 0.05) is 24.8 Å². The van der Waals surface area contributed by atoms with Crippen LogP contribution in [0.2, 0.25) is 0 Å². The Morgan fingerprint density at radius 1 is 1.21 bits per heavy atom. The normalized spacial score (nSPS) is 15.3. The SMILES string of the molecule is CCc1ccc(NC(=O)c2cc(N3CCC(C)CC3)ncn2)cc1. The van der Waals surface area contributed by atoms with Crippen molar-refractivity contribution < 1.29 is 4.79 Å². The van der Waals surface area contributed by atoms with Crippen molar-refractivity contribution in [3.63, 3.8) is 0 Å². The van der Waals surface area contributed by atoms with Gasteiger partial charge in [0.05, 0.1) is 0 Å². The molecule has 1 fully saturated rings. The number of hydrogen-bond acceptors (Lipinski definition) is 4. The topological polar surface area (TPSA) is 58.1 Å². The molecule has 126 valence electrons. The number of carbonyl (C=O) groups excluding carboxylic acids is 1. The number of nitrogens with one attached hydrogen (secondary N) is 1. The van der Waals surface area contributed by atoms with Crippen molar-refractivity contribution in [3.05, 3.63) is 47.9 Å². The lowest BCUT2D eigenvalue weighted by molar-refractivity contribution is 0.102. The molecule has 24 heavy (non-hydrogen) atoms. The van der Waals surface area contributed by atoms with Crippen molar-refractivity contribution >= 4 is 17.4 Å². The molecule has 0 saturated carbocycles. The molecule has 1 saturated heterocycles. The maximum Gasteiger partial charge on any atom is 0.274 e. The summed E-state index contributed by atoms with van der Waals surface area (Å²) in [5, 5.41) is 2.90. The number of rotatable bonds is 4. The molecule has 0 atom stereocenters. The van der Waals surface area contributed by atoms with Crippen LogP contribution in [0, 0.1) is 5.92 Å². The number of aromatic nitrogens is 2. The van der Waals surface area contributed by atoms with Gasteiger partial charge >= 0.3 is 0 Å². The number of benzene rings is 1. The number of nitrogens with zero attached hydrogens (tertiary/aromatic N) is 3. The van der Waals surface area contributed by atoms with Crippen LogP contribution in [0.25, 0.3) is 0 Å². The molecule has 1 amide bonds. The second-order valence-corrected chi connectivity index (χ2v) is 6.44. The minimum absolute atomic E-state index is 0.201. The molecule has 2 aromatic rings. The van der Waals surface area contributed by atoms with Crippen LogP contribution in [-0.2, 0) is 6.42 Å². The molecule has 2 heterocycles. The van der Waals surface area contributed by atoms with E-state index in [1.54, 1.807) is 6.07 Å². The van der Waals surface area contributed by atoms with E-state index in [0.717, 1.165) is 49.8 Å². The highest BCUT2D eigenvalue weighted by atomic mass is 16.1. The van der Waals surface area contributed by atoms with Crippen LogP contribution >= 0.6 is 0 Å². The lowest BCUT2D eigenvalue weighted by Gasteiger charge is -2.31. The van der Waals surface area contributed by atoms with Gasteiger partial charge < -0.3 is 10.2 Å². The van der Waals surface area contributed by atoms with Gasteiger partial charge in [0.15, 0.2) is 0 Å². The zero-order valence-corrected chi connectivity index (χ0v) is 14.3. The van der Waals surface area contributed by atoms with Crippen LogP contribution in [0.15, 0.2) is 36.7 Å². The first-order valence-electron chi connectivity index (χ1n) is 8.63. The molecule has 1 aliphatic rings. The summed E-state index contributed by atoms with van der Waals surface area (Å²) in [5.74, 6) is 1.40. The predicted octanol–water partition coefficient (Wildman–Crippen LogP) is 3.53. The van der Waals surface area contributed by atoms with Gasteiger partial charge in [-0.15, -0.1) is 0 Å². The number of carbonyl (C=O) groups is 1. The van der Waals surface area contributed by atoms with E-state index < -0.39 is 0 Å². The summed E-state index contributed by atoms with van der Waals surface area (Å²) in [6.07, 6.45) is 4.78. The number of aryl methyl sites for hydroxylation is 1. The average Bonchev–Trinajstić information content (AvgIpc) is 2.63. The fourth-order valence-electron chi connectivity index (χ4n) is 2.90.